The minimum absolute atomic E-state index is 0.562. The molecule has 0 aromatic carbocycles. The molecule has 2 nitrogen and oxygen atoms in total. The first-order valence-electron chi connectivity index (χ1n) is 6.56. The predicted molar refractivity (Wildman–Crippen MR) is 78.5 cm³/mol. The zero-order chi connectivity index (χ0) is 12.7. The second-order valence-corrected chi connectivity index (χ2v) is 5.51. The lowest BCUT2D eigenvalue weighted by atomic mass is 10.0. The van der Waals surface area contributed by atoms with Gasteiger partial charge in [0.15, 0.2) is 0 Å². The smallest absolute Gasteiger partial charge is 0.129 e. The molecule has 0 spiro atoms. The van der Waals surface area contributed by atoms with Gasteiger partial charge in [0.25, 0.3) is 0 Å². The van der Waals surface area contributed by atoms with Gasteiger partial charge < -0.3 is 5.32 Å². The summed E-state index contributed by atoms with van der Waals surface area (Å²) in [5.74, 6) is 1.03. The van der Waals surface area contributed by atoms with Crippen molar-refractivity contribution in [3.8, 4) is 0 Å². The van der Waals surface area contributed by atoms with Gasteiger partial charge in [-0.1, -0.05) is 33.1 Å². The molecule has 1 heterocycles. The van der Waals surface area contributed by atoms with Crippen LogP contribution in [0.25, 0.3) is 0 Å². The monoisotopic (exact) mass is 298 g/mol. The van der Waals surface area contributed by atoms with Crippen LogP contribution >= 0.6 is 15.9 Å². The summed E-state index contributed by atoms with van der Waals surface area (Å²) in [7, 11) is 0. The maximum Gasteiger partial charge on any atom is 0.129 e. The van der Waals surface area contributed by atoms with E-state index in [1.54, 1.807) is 0 Å². The predicted octanol–water partition coefficient (Wildman–Crippen LogP) is 4.92. The van der Waals surface area contributed by atoms with Crippen LogP contribution < -0.4 is 5.32 Å². The van der Waals surface area contributed by atoms with Gasteiger partial charge in [-0.2, -0.15) is 0 Å². The van der Waals surface area contributed by atoms with Crippen LogP contribution in [-0.4, -0.2) is 11.0 Å². The molecular formula is C14H23BrN2. The van der Waals surface area contributed by atoms with Crippen molar-refractivity contribution in [1.29, 1.82) is 0 Å². The van der Waals surface area contributed by atoms with Crippen LogP contribution in [0.15, 0.2) is 16.7 Å². The molecule has 1 unspecified atom stereocenters. The third-order valence-corrected chi connectivity index (χ3v) is 3.36. The molecule has 1 aromatic heterocycles. The average molecular weight is 299 g/mol. The zero-order valence-corrected chi connectivity index (χ0v) is 12.7. The summed E-state index contributed by atoms with van der Waals surface area (Å²) >= 11 is 3.44. The van der Waals surface area contributed by atoms with Gasteiger partial charge in [0.2, 0.25) is 0 Å². The average Bonchev–Trinajstić information content (AvgIpc) is 2.29. The standard InChI is InChI=1S/C14H23BrN2/c1-4-6-8-13(7-5-2)17-14-11(3)9-12(15)10-16-14/h9-10,13H,4-8H2,1-3H3,(H,16,17). The molecule has 0 aliphatic heterocycles. The highest BCUT2D eigenvalue weighted by molar-refractivity contribution is 9.10. The lowest BCUT2D eigenvalue weighted by Gasteiger charge is -2.19. The summed E-state index contributed by atoms with van der Waals surface area (Å²) < 4.78 is 1.04. The first-order chi connectivity index (χ1) is 8.17. The highest BCUT2D eigenvalue weighted by Crippen LogP contribution is 2.20. The molecule has 96 valence electrons. The van der Waals surface area contributed by atoms with Gasteiger partial charge in [-0.05, 0) is 47.3 Å². The number of hydrogen-bond donors (Lipinski definition) is 1. The van der Waals surface area contributed by atoms with Crippen molar-refractivity contribution >= 4 is 21.7 Å². The summed E-state index contributed by atoms with van der Waals surface area (Å²) in [5.41, 5.74) is 1.21. The van der Waals surface area contributed by atoms with E-state index in [0.717, 1.165) is 10.3 Å². The van der Waals surface area contributed by atoms with Gasteiger partial charge in [0, 0.05) is 16.7 Å². The Hall–Kier alpha value is -0.570. The Morgan fingerprint density at radius 3 is 2.65 bits per heavy atom. The van der Waals surface area contributed by atoms with Crippen LogP contribution in [-0.2, 0) is 0 Å². The van der Waals surface area contributed by atoms with Crippen LogP contribution in [0.4, 0.5) is 5.82 Å². The minimum atomic E-state index is 0.562. The van der Waals surface area contributed by atoms with E-state index in [4.69, 9.17) is 0 Å². The molecule has 3 heteroatoms. The number of hydrogen-bond acceptors (Lipinski definition) is 2. The highest BCUT2D eigenvalue weighted by atomic mass is 79.9. The largest absolute Gasteiger partial charge is 0.367 e. The van der Waals surface area contributed by atoms with Crippen molar-refractivity contribution in [1.82, 2.24) is 4.98 Å². The molecule has 17 heavy (non-hydrogen) atoms. The van der Waals surface area contributed by atoms with E-state index in [0.29, 0.717) is 6.04 Å². The van der Waals surface area contributed by atoms with Gasteiger partial charge in [-0.3, -0.25) is 0 Å². The van der Waals surface area contributed by atoms with Crippen LogP contribution in [0.5, 0.6) is 0 Å². The number of nitrogens with zero attached hydrogens (tertiary/aromatic N) is 1. The molecule has 0 fully saturated rings. The van der Waals surface area contributed by atoms with Crippen LogP contribution in [0, 0.1) is 6.92 Å². The molecule has 0 saturated heterocycles. The lowest BCUT2D eigenvalue weighted by Crippen LogP contribution is -2.20. The number of rotatable bonds is 7. The van der Waals surface area contributed by atoms with Crippen molar-refractivity contribution in [3.05, 3.63) is 22.3 Å². The molecule has 0 aliphatic rings. The number of pyridine rings is 1. The molecule has 1 atom stereocenters. The molecule has 0 radical (unpaired) electrons. The molecule has 0 aliphatic carbocycles. The van der Waals surface area contributed by atoms with Crippen molar-refractivity contribution < 1.29 is 0 Å². The first kappa shape index (κ1) is 14.5. The Bertz CT molecular complexity index is 339. The van der Waals surface area contributed by atoms with Crippen LogP contribution in [0.3, 0.4) is 0 Å². The van der Waals surface area contributed by atoms with Crippen molar-refractivity contribution in [2.45, 2.75) is 58.9 Å². The van der Waals surface area contributed by atoms with Crippen LogP contribution in [0.2, 0.25) is 0 Å². The summed E-state index contributed by atoms with van der Waals surface area (Å²) in [6, 6.07) is 2.67. The Morgan fingerprint density at radius 1 is 1.29 bits per heavy atom. The number of halogens is 1. The number of anilines is 1. The van der Waals surface area contributed by atoms with Crippen molar-refractivity contribution in [3.63, 3.8) is 0 Å². The Morgan fingerprint density at radius 2 is 2.06 bits per heavy atom. The molecule has 1 aromatic rings. The fourth-order valence-electron chi connectivity index (χ4n) is 1.97. The maximum absolute atomic E-state index is 4.45. The molecular weight excluding hydrogens is 276 g/mol. The van der Waals surface area contributed by atoms with Crippen molar-refractivity contribution in [2.24, 2.45) is 0 Å². The quantitative estimate of drug-likeness (QED) is 0.772. The SMILES string of the molecule is CCCCC(CCC)Nc1ncc(Br)cc1C. The Labute approximate surface area is 113 Å². The Balaban J connectivity index is 2.64. The van der Waals surface area contributed by atoms with E-state index in [2.05, 4.69) is 53.1 Å². The van der Waals surface area contributed by atoms with E-state index in [1.807, 2.05) is 6.20 Å². The second-order valence-electron chi connectivity index (χ2n) is 4.59. The number of unbranched alkanes of at least 4 members (excludes halogenated alkanes) is 1. The second kappa shape index (κ2) is 7.70. The highest BCUT2D eigenvalue weighted by Gasteiger charge is 2.09. The first-order valence-corrected chi connectivity index (χ1v) is 7.35. The third kappa shape index (κ3) is 5.07. The van der Waals surface area contributed by atoms with Crippen molar-refractivity contribution in [2.75, 3.05) is 5.32 Å². The van der Waals surface area contributed by atoms with E-state index in [9.17, 15) is 0 Å². The molecule has 0 amide bonds. The summed E-state index contributed by atoms with van der Waals surface area (Å²) in [6.07, 6.45) is 8.08. The van der Waals surface area contributed by atoms with E-state index >= 15 is 0 Å². The number of aryl methyl sites for hydroxylation is 1. The van der Waals surface area contributed by atoms with E-state index in [-0.39, 0.29) is 0 Å². The molecule has 1 rings (SSSR count). The maximum atomic E-state index is 4.45. The number of nitrogens with one attached hydrogen (secondary N) is 1. The van der Waals surface area contributed by atoms with Gasteiger partial charge in [-0.15, -0.1) is 0 Å². The zero-order valence-electron chi connectivity index (χ0n) is 11.1. The molecule has 0 bridgehead atoms. The van der Waals surface area contributed by atoms with Gasteiger partial charge in [0.1, 0.15) is 5.82 Å². The molecule has 0 saturated carbocycles. The van der Waals surface area contributed by atoms with Crippen LogP contribution in [0.1, 0.15) is 51.5 Å². The fraction of sp³-hybridized carbons (Fsp3) is 0.643. The summed E-state index contributed by atoms with van der Waals surface area (Å²) in [6.45, 7) is 6.58. The topological polar surface area (TPSA) is 24.9 Å². The lowest BCUT2D eigenvalue weighted by molar-refractivity contribution is 0.562. The van der Waals surface area contributed by atoms with E-state index in [1.165, 1.54) is 37.7 Å². The third-order valence-electron chi connectivity index (χ3n) is 2.93. The van der Waals surface area contributed by atoms with Gasteiger partial charge >= 0.3 is 0 Å². The van der Waals surface area contributed by atoms with E-state index < -0.39 is 0 Å². The number of aromatic nitrogens is 1. The summed E-state index contributed by atoms with van der Waals surface area (Å²) in [5, 5.41) is 3.58. The summed E-state index contributed by atoms with van der Waals surface area (Å²) in [4.78, 5) is 4.45. The van der Waals surface area contributed by atoms with Gasteiger partial charge in [0.05, 0.1) is 0 Å². The van der Waals surface area contributed by atoms with Gasteiger partial charge in [-0.25, -0.2) is 4.98 Å². The molecule has 1 N–H and O–H groups in total. The fourth-order valence-corrected chi connectivity index (χ4v) is 2.42. The normalized spacial score (nSPS) is 12.5. The minimum Gasteiger partial charge on any atom is -0.367 e. The Kier molecular flexibility index (Phi) is 6.56.